The molecule has 9 nitrogen and oxygen atoms in total. The van der Waals surface area contributed by atoms with Crippen molar-refractivity contribution in [1.82, 2.24) is 15.5 Å². The largest absolute Gasteiger partial charge is 0.467 e. The molecule has 3 rings (SSSR count). The van der Waals surface area contributed by atoms with Crippen molar-refractivity contribution in [2.75, 3.05) is 40.0 Å². The third-order valence-electron chi connectivity index (χ3n) is 5.77. The molecule has 2 aromatic carbocycles. The predicted octanol–water partition coefficient (Wildman–Crippen LogP) is 3.49. The molecule has 1 aliphatic rings. The molecule has 1 fully saturated rings. The molecule has 38 heavy (non-hydrogen) atoms. The summed E-state index contributed by atoms with van der Waals surface area (Å²) in [7, 11) is 1.22. The highest BCUT2D eigenvalue weighted by Crippen LogP contribution is 2.13. The molecule has 1 atom stereocenters. The van der Waals surface area contributed by atoms with Crippen LogP contribution in [0.3, 0.4) is 0 Å². The summed E-state index contributed by atoms with van der Waals surface area (Å²) >= 11 is 0. The van der Waals surface area contributed by atoms with Gasteiger partial charge in [0.2, 0.25) is 0 Å². The van der Waals surface area contributed by atoms with Gasteiger partial charge in [-0.15, -0.1) is 0 Å². The average molecular weight is 524 g/mol. The lowest BCUT2D eigenvalue weighted by atomic mass is 10.1. The van der Waals surface area contributed by atoms with Gasteiger partial charge in [0.25, 0.3) is 5.91 Å². The van der Waals surface area contributed by atoms with Crippen molar-refractivity contribution in [3.05, 3.63) is 70.8 Å². The minimum atomic E-state index is -1.06. The van der Waals surface area contributed by atoms with E-state index >= 15 is 0 Å². The van der Waals surface area contributed by atoms with E-state index in [2.05, 4.69) is 39.8 Å². The van der Waals surface area contributed by atoms with Crippen LogP contribution in [0.5, 0.6) is 0 Å². The first-order valence-corrected chi connectivity index (χ1v) is 12.7. The van der Waals surface area contributed by atoms with Gasteiger partial charge in [-0.2, -0.15) is 0 Å². The molecular formula is C29H37N3O6. The Bertz CT molecular complexity index is 1100. The number of nitrogens with one attached hydrogen (secondary N) is 2. The fourth-order valence-corrected chi connectivity index (χ4v) is 3.77. The summed E-state index contributed by atoms with van der Waals surface area (Å²) in [6, 6.07) is 14.4. The molecule has 0 saturated carbocycles. The predicted molar refractivity (Wildman–Crippen MR) is 145 cm³/mol. The van der Waals surface area contributed by atoms with Crippen molar-refractivity contribution in [3.8, 4) is 0 Å². The van der Waals surface area contributed by atoms with Gasteiger partial charge in [0.05, 0.1) is 26.9 Å². The molecule has 0 unspecified atom stereocenters. The average Bonchev–Trinajstić information content (AvgIpc) is 2.90. The molecule has 2 N–H and O–H groups in total. The number of ether oxygens (including phenoxy) is 3. The Morgan fingerprint density at radius 3 is 2.11 bits per heavy atom. The topological polar surface area (TPSA) is 106 Å². The third kappa shape index (κ3) is 9.64. The van der Waals surface area contributed by atoms with Crippen molar-refractivity contribution >= 4 is 30.1 Å². The maximum atomic E-state index is 12.7. The molecule has 0 spiro atoms. The standard InChI is InChI=1S/C29H37N3O6/c1-29(2,3)38-28(35)30-19-25(27(34)36-4)31-26(33)24-13-11-22(12-14-24)6-5-21-7-9-23(10-8-21)20-32-15-17-37-18-16-32/h5-14,25H,15-20H2,1-4H3,(H,30,35)(H,31,33)/b6-5-/t25-/m0/s1. The van der Waals surface area contributed by atoms with E-state index in [1.54, 1.807) is 32.9 Å². The monoisotopic (exact) mass is 523 g/mol. The normalized spacial score (nSPS) is 15.1. The molecule has 1 heterocycles. The van der Waals surface area contributed by atoms with Crippen molar-refractivity contribution < 1.29 is 28.6 Å². The van der Waals surface area contributed by atoms with E-state index in [0.29, 0.717) is 5.56 Å². The summed E-state index contributed by atoms with van der Waals surface area (Å²) in [6.07, 6.45) is 3.30. The number of alkyl carbamates (subject to hydrolysis) is 1. The molecule has 1 aliphatic heterocycles. The van der Waals surface area contributed by atoms with Gasteiger partial charge in [0.1, 0.15) is 11.6 Å². The second-order valence-electron chi connectivity index (χ2n) is 10.0. The van der Waals surface area contributed by atoms with Crippen molar-refractivity contribution in [2.45, 2.75) is 39.0 Å². The Morgan fingerprint density at radius 1 is 0.974 bits per heavy atom. The van der Waals surface area contributed by atoms with Gasteiger partial charge in [0.15, 0.2) is 0 Å². The lowest BCUT2D eigenvalue weighted by Crippen LogP contribution is -2.49. The molecule has 1 saturated heterocycles. The van der Waals surface area contributed by atoms with E-state index in [1.165, 1.54) is 12.7 Å². The second-order valence-corrected chi connectivity index (χ2v) is 10.0. The van der Waals surface area contributed by atoms with Crippen LogP contribution in [-0.2, 0) is 25.5 Å². The number of carbonyl (C=O) groups is 3. The number of morpholine rings is 1. The maximum Gasteiger partial charge on any atom is 0.407 e. The Labute approximate surface area is 224 Å². The Morgan fingerprint density at radius 2 is 1.55 bits per heavy atom. The van der Waals surface area contributed by atoms with Gasteiger partial charge in [-0.1, -0.05) is 48.6 Å². The van der Waals surface area contributed by atoms with Crippen LogP contribution in [0.15, 0.2) is 48.5 Å². The molecule has 0 aromatic heterocycles. The highest BCUT2D eigenvalue weighted by Gasteiger charge is 2.24. The van der Waals surface area contributed by atoms with Crippen LogP contribution in [0.2, 0.25) is 0 Å². The Hall–Kier alpha value is -3.69. The molecule has 9 heteroatoms. The molecule has 204 valence electrons. The third-order valence-corrected chi connectivity index (χ3v) is 5.77. The van der Waals surface area contributed by atoms with Crippen LogP contribution >= 0.6 is 0 Å². The van der Waals surface area contributed by atoms with Crippen molar-refractivity contribution in [2.24, 2.45) is 0 Å². The first kappa shape index (κ1) is 28.9. The molecule has 2 amide bonds. The highest BCUT2D eigenvalue weighted by molar-refractivity contribution is 5.97. The number of rotatable bonds is 9. The SMILES string of the molecule is COC(=O)[C@H](CNC(=O)OC(C)(C)C)NC(=O)c1ccc(/C=C\c2ccc(CN3CCOCC3)cc2)cc1. The number of hydrogen-bond acceptors (Lipinski definition) is 7. The minimum Gasteiger partial charge on any atom is -0.467 e. The quantitative estimate of drug-likeness (QED) is 0.383. The zero-order chi connectivity index (χ0) is 27.5. The lowest BCUT2D eigenvalue weighted by Gasteiger charge is -2.26. The number of amides is 2. The van der Waals surface area contributed by atoms with Gasteiger partial charge in [-0.25, -0.2) is 9.59 Å². The maximum absolute atomic E-state index is 12.7. The summed E-state index contributed by atoms with van der Waals surface area (Å²) in [5, 5.41) is 5.09. The fraction of sp³-hybridized carbons (Fsp3) is 0.414. The van der Waals surface area contributed by atoms with Crippen molar-refractivity contribution in [3.63, 3.8) is 0 Å². The number of carbonyl (C=O) groups excluding carboxylic acids is 3. The van der Waals surface area contributed by atoms with Gasteiger partial charge in [-0.05, 0) is 49.6 Å². The van der Waals surface area contributed by atoms with E-state index in [9.17, 15) is 14.4 Å². The molecule has 0 aliphatic carbocycles. The van der Waals surface area contributed by atoms with Gasteiger partial charge < -0.3 is 24.8 Å². The number of methoxy groups -OCH3 is 1. The van der Waals surface area contributed by atoms with Crippen molar-refractivity contribution in [1.29, 1.82) is 0 Å². The van der Waals surface area contributed by atoms with E-state index < -0.39 is 29.6 Å². The Balaban J connectivity index is 1.53. The molecular weight excluding hydrogens is 486 g/mol. The summed E-state index contributed by atoms with van der Waals surface area (Å²) in [6.45, 7) is 9.45. The van der Waals surface area contributed by atoms with Crippen LogP contribution in [0, 0.1) is 0 Å². The van der Waals surface area contributed by atoms with E-state index in [4.69, 9.17) is 14.2 Å². The van der Waals surface area contributed by atoms with Gasteiger partial charge >= 0.3 is 12.1 Å². The number of esters is 1. The summed E-state index contributed by atoms with van der Waals surface area (Å²) in [5.74, 6) is -1.14. The summed E-state index contributed by atoms with van der Waals surface area (Å²) < 4.78 is 15.3. The summed E-state index contributed by atoms with van der Waals surface area (Å²) in [5.41, 5.74) is 2.97. The van der Waals surface area contributed by atoms with E-state index in [0.717, 1.165) is 44.0 Å². The minimum absolute atomic E-state index is 0.167. The molecule has 0 bridgehead atoms. The zero-order valence-corrected chi connectivity index (χ0v) is 22.5. The molecule has 0 radical (unpaired) electrons. The van der Waals surface area contributed by atoms with Crippen LogP contribution in [-0.4, -0.2) is 74.5 Å². The summed E-state index contributed by atoms with van der Waals surface area (Å²) in [4.78, 5) is 39.2. The first-order chi connectivity index (χ1) is 18.1. The zero-order valence-electron chi connectivity index (χ0n) is 22.5. The highest BCUT2D eigenvalue weighted by atomic mass is 16.6. The van der Waals surface area contributed by atoms with E-state index in [-0.39, 0.29) is 6.54 Å². The lowest BCUT2D eigenvalue weighted by molar-refractivity contribution is -0.142. The van der Waals surface area contributed by atoms with Crippen LogP contribution in [0.1, 0.15) is 47.8 Å². The fourth-order valence-electron chi connectivity index (χ4n) is 3.77. The van der Waals surface area contributed by atoms with Gasteiger partial charge in [0, 0.05) is 25.2 Å². The molecule has 2 aromatic rings. The van der Waals surface area contributed by atoms with Crippen LogP contribution < -0.4 is 10.6 Å². The van der Waals surface area contributed by atoms with Gasteiger partial charge in [-0.3, -0.25) is 9.69 Å². The number of benzene rings is 2. The smallest absolute Gasteiger partial charge is 0.407 e. The van der Waals surface area contributed by atoms with Crippen LogP contribution in [0.25, 0.3) is 12.2 Å². The number of hydrogen-bond donors (Lipinski definition) is 2. The van der Waals surface area contributed by atoms with Crippen LogP contribution in [0.4, 0.5) is 4.79 Å². The van der Waals surface area contributed by atoms with E-state index in [1.807, 2.05) is 24.3 Å². The second kappa shape index (κ2) is 13.7. The number of nitrogens with zero attached hydrogens (tertiary/aromatic N) is 1. The first-order valence-electron chi connectivity index (χ1n) is 12.7. The Kier molecular flexibility index (Phi) is 10.4.